The molecule has 0 spiro atoms. The van der Waals surface area contributed by atoms with Crippen molar-refractivity contribution < 1.29 is 18.1 Å². The van der Waals surface area contributed by atoms with E-state index in [1.54, 1.807) is 36.4 Å². The molecular formula is C17H20N4O5S. The molecule has 0 aliphatic rings. The van der Waals surface area contributed by atoms with Crippen LogP contribution in [0, 0.1) is 10.1 Å². The third-order valence-corrected chi connectivity index (χ3v) is 4.08. The third kappa shape index (κ3) is 6.94. The number of nitro groups is 1. The number of carbonyl (C=O) groups is 1. The zero-order chi connectivity index (χ0) is 19.9. The molecule has 144 valence electrons. The van der Waals surface area contributed by atoms with Crippen molar-refractivity contribution in [3.63, 3.8) is 0 Å². The first kappa shape index (κ1) is 20.2. The van der Waals surface area contributed by atoms with Gasteiger partial charge in [-0.25, -0.2) is 8.42 Å². The molecule has 2 rings (SSSR count). The standard InChI is InChI=1S/C17H20N4O5S/c1-27(25,26)20-16-6-3-2-5-15(16)19-17(22)7-4-12-18-13-8-10-14(11-9-13)21(23)24/h2-3,5-6,8-11,18,20H,4,7,12H2,1H3,(H,19,22). The van der Waals surface area contributed by atoms with E-state index in [1.807, 2.05) is 0 Å². The molecule has 0 saturated carbocycles. The van der Waals surface area contributed by atoms with Gasteiger partial charge in [0.2, 0.25) is 15.9 Å². The lowest BCUT2D eigenvalue weighted by atomic mass is 10.2. The van der Waals surface area contributed by atoms with Crippen LogP contribution in [-0.2, 0) is 14.8 Å². The van der Waals surface area contributed by atoms with Crippen molar-refractivity contribution in [3.8, 4) is 0 Å². The van der Waals surface area contributed by atoms with Gasteiger partial charge in [0.05, 0.1) is 22.6 Å². The van der Waals surface area contributed by atoms with Gasteiger partial charge in [-0.15, -0.1) is 0 Å². The van der Waals surface area contributed by atoms with E-state index < -0.39 is 14.9 Å². The zero-order valence-corrected chi connectivity index (χ0v) is 15.5. The summed E-state index contributed by atoms with van der Waals surface area (Å²) >= 11 is 0. The van der Waals surface area contributed by atoms with Gasteiger partial charge in [0.15, 0.2) is 0 Å². The Kier molecular flexibility index (Phi) is 6.72. The summed E-state index contributed by atoms with van der Waals surface area (Å²) in [5.74, 6) is -0.247. The number of hydrogen-bond acceptors (Lipinski definition) is 6. The molecule has 0 bridgehead atoms. The highest BCUT2D eigenvalue weighted by Gasteiger charge is 2.10. The Morgan fingerprint density at radius 2 is 1.70 bits per heavy atom. The Bertz CT molecular complexity index is 913. The summed E-state index contributed by atoms with van der Waals surface area (Å²) in [4.78, 5) is 22.2. The van der Waals surface area contributed by atoms with Crippen LogP contribution in [0.3, 0.4) is 0 Å². The second-order valence-electron chi connectivity index (χ2n) is 5.80. The van der Waals surface area contributed by atoms with E-state index in [2.05, 4.69) is 15.4 Å². The molecule has 3 N–H and O–H groups in total. The van der Waals surface area contributed by atoms with Gasteiger partial charge in [-0.05, 0) is 30.7 Å². The van der Waals surface area contributed by atoms with E-state index in [9.17, 15) is 23.3 Å². The molecule has 0 saturated heterocycles. The minimum Gasteiger partial charge on any atom is -0.385 e. The first-order valence-electron chi connectivity index (χ1n) is 8.09. The molecule has 0 aliphatic heterocycles. The number of nitrogens with one attached hydrogen (secondary N) is 3. The fourth-order valence-corrected chi connectivity index (χ4v) is 2.85. The lowest BCUT2D eigenvalue weighted by Crippen LogP contribution is -2.16. The van der Waals surface area contributed by atoms with Crippen LogP contribution in [0.15, 0.2) is 48.5 Å². The Morgan fingerprint density at radius 3 is 2.30 bits per heavy atom. The summed E-state index contributed by atoms with van der Waals surface area (Å²) in [5.41, 5.74) is 1.43. The Labute approximate surface area is 157 Å². The monoisotopic (exact) mass is 392 g/mol. The molecule has 2 aromatic carbocycles. The lowest BCUT2D eigenvalue weighted by molar-refractivity contribution is -0.384. The van der Waals surface area contributed by atoms with Crippen LogP contribution in [0.5, 0.6) is 0 Å². The average molecular weight is 392 g/mol. The van der Waals surface area contributed by atoms with Crippen LogP contribution < -0.4 is 15.4 Å². The molecule has 27 heavy (non-hydrogen) atoms. The highest BCUT2D eigenvalue weighted by Crippen LogP contribution is 2.22. The Morgan fingerprint density at radius 1 is 1.07 bits per heavy atom. The molecule has 1 amide bonds. The smallest absolute Gasteiger partial charge is 0.269 e. The number of para-hydroxylation sites is 2. The molecule has 9 nitrogen and oxygen atoms in total. The van der Waals surface area contributed by atoms with E-state index in [0.29, 0.717) is 24.3 Å². The van der Waals surface area contributed by atoms with Gasteiger partial charge in [0.1, 0.15) is 0 Å². The molecule has 0 aliphatic carbocycles. The number of nitrogens with zero attached hydrogens (tertiary/aromatic N) is 1. The van der Waals surface area contributed by atoms with Crippen molar-refractivity contribution in [1.82, 2.24) is 0 Å². The van der Waals surface area contributed by atoms with Gasteiger partial charge >= 0.3 is 0 Å². The summed E-state index contributed by atoms with van der Waals surface area (Å²) in [6.45, 7) is 0.508. The number of rotatable bonds is 9. The Balaban J connectivity index is 1.81. The number of hydrogen-bond donors (Lipinski definition) is 3. The van der Waals surface area contributed by atoms with Crippen molar-refractivity contribution in [2.75, 3.05) is 28.2 Å². The first-order valence-corrected chi connectivity index (χ1v) is 9.99. The van der Waals surface area contributed by atoms with Crippen molar-refractivity contribution in [2.24, 2.45) is 0 Å². The zero-order valence-electron chi connectivity index (χ0n) is 14.6. The number of nitro benzene ring substituents is 1. The predicted molar refractivity (Wildman–Crippen MR) is 104 cm³/mol. The minimum atomic E-state index is -3.45. The van der Waals surface area contributed by atoms with Crippen molar-refractivity contribution in [2.45, 2.75) is 12.8 Å². The minimum absolute atomic E-state index is 0.0151. The SMILES string of the molecule is CS(=O)(=O)Nc1ccccc1NC(=O)CCCNc1ccc([N+](=O)[O-])cc1. The Hall–Kier alpha value is -3.14. The normalized spacial score (nSPS) is 10.9. The highest BCUT2D eigenvalue weighted by molar-refractivity contribution is 7.92. The fourth-order valence-electron chi connectivity index (χ4n) is 2.28. The molecular weight excluding hydrogens is 372 g/mol. The molecule has 2 aromatic rings. The summed E-state index contributed by atoms with van der Waals surface area (Å²) < 4.78 is 25.1. The summed E-state index contributed by atoms with van der Waals surface area (Å²) in [5, 5.41) is 16.4. The van der Waals surface area contributed by atoms with E-state index in [0.717, 1.165) is 11.9 Å². The molecule has 0 unspecified atom stereocenters. The number of amides is 1. The number of sulfonamides is 1. The number of carbonyl (C=O) groups excluding carboxylic acids is 1. The third-order valence-electron chi connectivity index (χ3n) is 3.48. The molecule has 10 heteroatoms. The fraction of sp³-hybridized carbons (Fsp3) is 0.235. The maximum absolute atomic E-state index is 12.1. The van der Waals surface area contributed by atoms with Gasteiger partial charge in [0, 0.05) is 30.8 Å². The van der Waals surface area contributed by atoms with Gasteiger partial charge in [-0.2, -0.15) is 0 Å². The number of benzene rings is 2. The topological polar surface area (TPSA) is 130 Å². The van der Waals surface area contributed by atoms with Crippen molar-refractivity contribution in [3.05, 3.63) is 58.6 Å². The molecule has 0 heterocycles. The van der Waals surface area contributed by atoms with E-state index in [-0.39, 0.29) is 18.0 Å². The van der Waals surface area contributed by atoms with Crippen LogP contribution in [0.25, 0.3) is 0 Å². The molecule has 0 radical (unpaired) electrons. The second kappa shape index (κ2) is 8.99. The lowest BCUT2D eigenvalue weighted by Gasteiger charge is -2.12. The van der Waals surface area contributed by atoms with Crippen molar-refractivity contribution in [1.29, 1.82) is 0 Å². The molecule has 0 aromatic heterocycles. The highest BCUT2D eigenvalue weighted by atomic mass is 32.2. The quantitative estimate of drug-likeness (QED) is 0.342. The van der Waals surface area contributed by atoms with E-state index in [1.165, 1.54) is 12.1 Å². The van der Waals surface area contributed by atoms with Crippen LogP contribution in [0.2, 0.25) is 0 Å². The molecule has 0 fully saturated rings. The van der Waals surface area contributed by atoms with Gasteiger partial charge in [0.25, 0.3) is 5.69 Å². The number of anilines is 3. The molecule has 0 atom stereocenters. The second-order valence-corrected chi connectivity index (χ2v) is 7.55. The number of non-ortho nitro benzene ring substituents is 1. The van der Waals surface area contributed by atoms with Crippen molar-refractivity contribution >= 4 is 38.7 Å². The van der Waals surface area contributed by atoms with Crippen LogP contribution in [0.4, 0.5) is 22.7 Å². The predicted octanol–water partition coefficient (Wildman–Crippen LogP) is 2.80. The van der Waals surface area contributed by atoms with Crippen LogP contribution >= 0.6 is 0 Å². The van der Waals surface area contributed by atoms with Crippen LogP contribution in [0.1, 0.15) is 12.8 Å². The van der Waals surface area contributed by atoms with Crippen LogP contribution in [-0.4, -0.2) is 32.0 Å². The maximum atomic E-state index is 12.1. The summed E-state index contributed by atoms with van der Waals surface area (Å²) in [6.07, 6.45) is 1.80. The largest absolute Gasteiger partial charge is 0.385 e. The first-order chi connectivity index (χ1) is 12.7. The van der Waals surface area contributed by atoms with E-state index >= 15 is 0 Å². The van der Waals surface area contributed by atoms with Gasteiger partial charge in [-0.1, -0.05) is 12.1 Å². The van der Waals surface area contributed by atoms with E-state index in [4.69, 9.17) is 0 Å². The maximum Gasteiger partial charge on any atom is 0.269 e. The summed E-state index contributed by atoms with van der Waals surface area (Å²) in [7, 11) is -3.45. The van der Waals surface area contributed by atoms with Gasteiger partial charge in [-0.3, -0.25) is 19.6 Å². The average Bonchev–Trinajstić information content (AvgIpc) is 2.59. The summed E-state index contributed by atoms with van der Waals surface area (Å²) in [6, 6.07) is 12.5. The van der Waals surface area contributed by atoms with Gasteiger partial charge < -0.3 is 10.6 Å².